The minimum absolute atomic E-state index is 0. The molecule has 2 unspecified atom stereocenters. The first kappa shape index (κ1) is 17.6. The highest BCUT2D eigenvalue weighted by Gasteiger charge is 2.36. The molecule has 0 spiro atoms. The van der Waals surface area contributed by atoms with Gasteiger partial charge in [-0.2, -0.15) is 0 Å². The second kappa shape index (κ2) is 8.72. The minimum atomic E-state index is 0. The molecule has 0 aliphatic heterocycles. The SMILES string of the molecule is CCCC1CC1NC(=NC)NCc1ccc(Cl)cc1.I. The Bertz CT molecular complexity index is 433. The summed E-state index contributed by atoms with van der Waals surface area (Å²) in [6.07, 6.45) is 3.85. The molecule has 5 heteroatoms. The van der Waals surface area contributed by atoms with Gasteiger partial charge in [0.15, 0.2) is 5.96 Å². The van der Waals surface area contributed by atoms with E-state index in [0.717, 1.165) is 23.4 Å². The quantitative estimate of drug-likeness (QED) is 0.442. The maximum absolute atomic E-state index is 5.87. The number of halogens is 2. The van der Waals surface area contributed by atoms with Gasteiger partial charge in [-0.1, -0.05) is 37.1 Å². The molecule has 0 saturated heterocycles. The van der Waals surface area contributed by atoms with E-state index in [-0.39, 0.29) is 24.0 Å². The lowest BCUT2D eigenvalue weighted by molar-refractivity contribution is 0.655. The summed E-state index contributed by atoms with van der Waals surface area (Å²) in [6, 6.07) is 8.48. The number of nitrogens with zero attached hydrogens (tertiary/aromatic N) is 1. The third kappa shape index (κ3) is 5.48. The summed E-state index contributed by atoms with van der Waals surface area (Å²) in [5.41, 5.74) is 1.20. The molecule has 1 saturated carbocycles. The van der Waals surface area contributed by atoms with Crippen LogP contribution in [0, 0.1) is 5.92 Å². The van der Waals surface area contributed by atoms with E-state index in [9.17, 15) is 0 Å². The Hall–Kier alpha value is -0.490. The summed E-state index contributed by atoms with van der Waals surface area (Å²) >= 11 is 5.87. The van der Waals surface area contributed by atoms with Crippen LogP contribution in [0.15, 0.2) is 29.3 Å². The third-order valence-corrected chi connectivity index (χ3v) is 3.75. The summed E-state index contributed by atoms with van der Waals surface area (Å²) in [4.78, 5) is 4.26. The van der Waals surface area contributed by atoms with Crippen LogP contribution < -0.4 is 10.6 Å². The van der Waals surface area contributed by atoms with E-state index in [1.807, 2.05) is 31.3 Å². The molecule has 1 fully saturated rings. The van der Waals surface area contributed by atoms with Crippen LogP contribution in [0.5, 0.6) is 0 Å². The number of aliphatic imine (C=N–C) groups is 1. The number of guanidine groups is 1. The van der Waals surface area contributed by atoms with Gasteiger partial charge in [-0.15, -0.1) is 24.0 Å². The molecule has 2 N–H and O–H groups in total. The molecular weight excluding hydrogens is 385 g/mol. The topological polar surface area (TPSA) is 36.4 Å². The van der Waals surface area contributed by atoms with Crippen molar-refractivity contribution >= 4 is 41.5 Å². The summed E-state index contributed by atoms with van der Waals surface area (Å²) in [6.45, 7) is 3.00. The van der Waals surface area contributed by atoms with Crippen molar-refractivity contribution in [1.82, 2.24) is 10.6 Å². The zero-order valence-electron chi connectivity index (χ0n) is 12.0. The molecule has 2 rings (SSSR count). The Kier molecular flexibility index (Phi) is 7.66. The second-order valence-corrected chi connectivity index (χ2v) is 5.52. The molecule has 0 bridgehead atoms. The zero-order valence-corrected chi connectivity index (χ0v) is 15.1. The Morgan fingerprint density at radius 2 is 2.05 bits per heavy atom. The molecule has 20 heavy (non-hydrogen) atoms. The zero-order chi connectivity index (χ0) is 13.7. The highest BCUT2D eigenvalue weighted by molar-refractivity contribution is 14.0. The van der Waals surface area contributed by atoms with Crippen molar-refractivity contribution in [3.63, 3.8) is 0 Å². The molecule has 3 nitrogen and oxygen atoms in total. The summed E-state index contributed by atoms with van der Waals surface area (Å²) < 4.78 is 0. The number of nitrogens with one attached hydrogen (secondary N) is 2. The number of benzene rings is 1. The van der Waals surface area contributed by atoms with Crippen LogP contribution in [-0.2, 0) is 6.54 Å². The molecule has 0 heterocycles. The normalized spacial score (nSPS) is 21.1. The first-order chi connectivity index (χ1) is 9.22. The first-order valence-corrected chi connectivity index (χ1v) is 7.32. The number of rotatable bonds is 5. The molecule has 112 valence electrons. The predicted molar refractivity (Wildman–Crippen MR) is 97.0 cm³/mol. The lowest BCUT2D eigenvalue weighted by Crippen LogP contribution is -2.38. The van der Waals surface area contributed by atoms with E-state index in [4.69, 9.17) is 11.6 Å². The molecule has 0 aromatic heterocycles. The van der Waals surface area contributed by atoms with Gasteiger partial charge in [0.1, 0.15) is 0 Å². The standard InChI is InChI=1S/C15H22ClN3.HI/c1-3-4-12-9-14(12)19-15(17-2)18-10-11-5-7-13(16)8-6-11;/h5-8,12,14H,3-4,9-10H2,1-2H3,(H2,17,18,19);1H. The largest absolute Gasteiger partial charge is 0.353 e. The highest BCUT2D eigenvalue weighted by atomic mass is 127. The molecule has 2 atom stereocenters. The maximum atomic E-state index is 5.87. The van der Waals surface area contributed by atoms with Gasteiger partial charge in [-0.05, 0) is 36.5 Å². The van der Waals surface area contributed by atoms with Gasteiger partial charge in [-0.3, -0.25) is 4.99 Å². The summed E-state index contributed by atoms with van der Waals surface area (Å²) in [7, 11) is 1.81. The van der Waals surface area contributed by atoms with E-state index in [1.165, 1.54) is 24.8 Å². The molecule has 0 radical (unpaired) electrons. The molecule has 1 aliphatic carbocycles. The van der Waals surface area contributed by atoms with Gasteiger partial charge in [0.05, 0.1) is 0 Å². The number of hydrogen-bond donors (Lipinski definition) is 2. The van der Waals surface area contributed by atoms with Crippen LogP contribution in [0.2, 0.25) is 5.02 Å². The Morgan fingerprint density at radius 3 is 2.65 bits per heavy atom. The summed E-state index contributed by atoms with van der Waals surface area (Å²) in [5, 5.41) is 7.57. The van der Waals surface area contributed by atoms with Crippen molar-refractivity contribution in [3.05, 3.63) is 34.9 Å². The molecule has 1 aliphatic rings. The second-order valence-electron chi connectivity index (χ2n) is 5.09. The van der Waals surface area contributed by atoms with Gasteiger partial charge in [0, 0.05) is 24.7 Å². The first-order valence-electron chi connectivity index (χ1n) is 6.94. The van der Waals surface area contributed by atoms with Crippen LogP contribution in [0.1, 0.15) is 31.7 Å². The van der Waals surface area contributed by atoms with Gasteiger partial charge in [-0.25, -0.2) is 0 Å². The van der Waals surface area contributed by atoms with Crippen LogP contribution in [0.4, 0.5) is 0 Å². The van der Waals surface area contributed by atoms with Crippen LogP contribution in [0.3, 0.4) is 0 Å². The third-order valence-electron chi connectivity index (χ3n) is 3.50. The van der Waals surface area contributed by atoms with Gasteiger partial charge in [0.2, 0.25) is 0 Å². The average molecular weight is 408 g/mol. The van der Waals surface area contributed by atoms with Gasteiger partial charge < -0.3 is 10.6 Å². The maximum Gasteiger partial charge on any atom is 0.191 e. The number of hydrogen-bond acceptors (Lipinski definition) is 1. The lowest BCUT2D eigenvalue weighted by Gasteiger charge is -2.12. The summed E-state index contributed by atoms with van der Waals surface area (Å²) in [5.74, 6) is 1.72. The van der Waals surface area contributed by atoms with Crippen molar-refractivity contribution in [2.75, 3.05) is 7.05 Å². The van der Waals surface area contributed by atoms with E-state index in [1.54, 1.807) is 0 Å². The van der Waals surface area contributed by atoms with Crippen molar-refractivity contribution in [1.29, 1.82) is 0 Å². The van der Waals surface area contributed by atoms with E-state index in [2.05, 4.69) is 22.5 Å². The minimum Gasteiger partial charge on any atom is -0.353 e. The molecule has 1 aromatic carbocycles. The molecule has 0 amide bonds. The van der Waals surface area contributed by atoms with Gasteiger partial charge >= 0.3 is 0 Å². The van der Waals surface area contributed by atoms with Crippen molar-refractivity contribution in [3.8, 4) is 0 Å². The Balaban J connectivity index is 0.00000200. The van der Waals surface area contributed by atoms with Gasteiger partial charge in [0.25, 0.3) is 0 Å². The average Bonchev–Trinajstić information content (AvgIpc) is 3.15. The van der Waals surface area contributed by atoms with E-state index >= 15 is 0 Å². The van der Waals surface area contributed by atoms with Crippen molar-refractivity contribution < 1.29 is 0 Å². The Labute approximate surface area is 143 Å². The monoisotopic (exact) mass is 407 g/mol. The van der Waals surface area contributed by atoms with E-state index in [0.29, 0.717) is 6.04 Å². The fourth-order valence-electron chi connectivity index (χ4n) is 2.27. The smallest absolute Gasteiger partial charge is 0.191 e. The van der Waals surface area contributed by atoms with Crippen LogP contribution in [-0.4, -0.2) is 19.0 Å². The van der Waals surface area contributed by atoms with Crippen LogP contribution >= 0.6 is 35.6 Å². The highest BCUT2D eigenvalue weighted by Crippen LogP contribution is 2.34. The predicted octanol–water partition coefficient (Wildman–Crippen LogP) is 3.81. The van der Waals surface area contributed by atoms with E-state index < -0.39 is 0 Å². The fraction of sp³-hybridized carbons (Fsp3) is 0.533. The lowest BCUT2D eigenvalue weighted by atomic mass is 10.2. The molecular formula is C15H23ClIN3. The fourth-order valence-corrected chi connectivity index (χ4v) is 2.40. The van der Waals surface area contributed by atoms with Crippen molar-refractivity contribution in [2.45, 2.75) is 38.8 Å². The van der Waals surface area contributed by atoms with Crippen molar-refractivity contribution in [2.24, 2.45) is 10.9 Å². The molecule has 1 aromatic rings. The van der Waals surface area contributed by atoms with Crippen LogP contribution in [0.25, 0.3) is 0 Å². The Morgan fingerprint density at radius 1 is 1.35 bits per heavy atom.